The van der Waals surface area contributed by atoms with Crippen molar-refractivity contribution in [2.75, 3.05) is 0 Å². The number of Topliss-reactive ketones (excluding diaryl/α,β-unsaturated/α-hetero) is 1. The van der Waals surface area contributed by atoms with E-state index in [9.17, 15) is 18.0 Å². The number of ketones is 1. The lowest BCUT2D eigenvalue weighted by atomic mass is 10.1. The Morgan fingerprint density at radius 1 is 1.50 bits per heavy atom. The summed E-state index contributed by atoms with van der Waals surface area (Å²) in [5, 5.41) is 0.00296. The van der Waals surface area contributed by atoms with Gasteiger partial charge in [-0.05, 0) is 13.0 Å². The third kappa shape index (κ3) is 2.23. The molecule has 0 saturated heterocycles. The molecule has 6 heteroatoms. The summed E-state index contributed by atoms with van der Waals surface area (Å²) in [5.74, 6) is -0.715. The molecule has 0 aliphatic carbocycles. The third-order valence-electron chi connectivity index (χ3n) is 1.50. The SMILES string of the molecule is CC(=O)c1cc(Cl)cnc1C(F)(F)F. The second-order valence-corrected chi connectivity index (χ2v) is 3.04. The van der Waals surface area contributed by atoms with Crippen LogP contribution < -0.4 is 0 Å². The number of carbonyl (C=O) groups is 1. The number of aromatic nitrogens is 1. The van der Waals surface area contributed by atoms with Crippen molar-refractivity contribution >= 4 is 17.4 Å². The first-order valence-electron chi connectivity index (χ1n) is 3.56. The standard InChI is InChI=1S/C8H5ClF3NO/c1-4(14)6-2-5(9)3-13-7(6)8(10,11)12/h2-3H,1H3. The Labute approximate surface area is 82.7 Å². The Morgan fingerprint density at radius 2 is 2.07 bits per heavy atom. The van der Waals surface area contributed by atoms with Crippen LogP contribution in [0.25, 0.3) is 0 Å². The summed E-state index contributed by atoms with van der Waals surface area (Å²) < 4.78 is 36.8. The van der Waals surface area contributed by atoms with Crippen LogP contribution in [0.3, 0.4) is 0 Å². The fourth-order valence-electron chi connectivity index (χ4n) is 0.934. The number of carbonyl (C=O) groups excluding carboxylic acids is 1. The van der Waals surface area contributed by atoms with Gasteiger partial charge in [0, 0.05) is 11.8 Å². The quantitative estimate of drug-likeness (QED) is 0.685. The van der Waals surface area contributed by atoms with Crippen molar-refractivity contribution in [2.45, 2.75) is 13.1 Å². The molecule has 1 heterocycles. The molecule has 0 unspecified atom stereocenters. The van der Waals surface area contributed by atoms with E-state index in [0.717, 1.165) is 19.2 Å². The molecule has 1 aromatic rings. The number of hydrogen-bond donors (Lipinski definition) is 0. The van der Waals surface area contributed by atoms with E-state index in [1.54, 1.807) is 0 Å². The molecule has 0 atom stereocenters. The summed E-state index contributed by atoms with van der Waals surface area (Å²) >= 11 is 5.43. The fraction of sp³-hybridized carbons (Fsp3) is 0.250. The van der Waals surface area contributed by atoms with Gasteiger partial charge in [-0.25, -0.2) is 4.98 Å². The molecule has 0 bridgehead atoms. The fourth-order valence-corrected chi connectivity index (χ4v) is 1.09. The van der Waals surface area contributed by atoms with Gasteiger partial charge in [0.2, 0.25) is 0 Å². The summed E-state index contributed by atoms with van der Waals surface area (Å²) in [6.07, 6.45) is -3.78. The third-order valence-corrected chi connectivity index (χ3v) is 1.71. The minimum Gasteiger partial charge on any atom is -0.294 e. The van der Waals surface area contributed by atoms with Crippen LogP contribution in [-0.2, 0) is 6.18 Å². The zero-order valence-corrected chi connectivity index (χ0v) is 7.78. The average Bonchev–Trinajstić information content (AvgIpc) is 2.01. The zero-order chi connectivity index (χ0) is 10.9. The van der Waals surface area contributed by atoms with Crippen molar-refractivity contribution in [3.8, 4) is 0 Å². The van der Waals surface area contributed by atoms with Crippen molar-refractivity contribution in [1.29, 1.82) is 0 Å². The van der Waals surface area contributed by atoms with Crippen molar-refractivity contribution in [2.24, 2.45) is 0 Å². The van der Waals surface area contributed by atoms with E-state index < -0.39 is 23.2 Å². The van der Waals surface area contributed by atoms with Crippen LogP contribution in [0.1, 0.15) is 23.0 Å². The van der Waals surface area contributed by atoms with Crippen molar-refractivity contribution in [1.82, 2.24) is 4.98 Å². The van der Waals surface area contributed by atoms with E-state index >= 15 is 0 Å². The van der Waals surface area contributed by atoms with Gasteiger partial charge in [0.05, 0.1) is 5.02 Å². The predicted molar refractivity (Wildman–Crippen MR) is 44.3 cm³/mol. The Hall–Kier alpha value is -1.10. The van der Waals surface area contributed by atoms with E-state index in [-0.39, 0.29) is 5.02 Å². The van der Waals surface area contributed by atoms with E-state index in [4.69, 9.17) is 11.6 Å². The molecule has 0 N–H and O–H groups in total. The first-order valence-corrected chi connectivity index (χ1v) is 3.94. The molecule has 1 rings (SSSR count). The normalized spacial score (nSPS) is 11.5. The molecule has 0 fully saturated rings. The molecular formula is C8H5ClF3NO. The van der Waals surface area contributed by atoms with Gasteiger partial charge >= 0.3 is 6.18 Å². The number of nitrogens with zero attached hydrogens (tertiary/aromatic N) is 1. The second-order valence-electron chi connectivity index (χ2n) is 2.60. The molecule has 2 nitrogen and oxygen atoms in total. The van der Waals surface area contributed by atoms with E-state index in [2.05, 4.69) is 4.98 Å². The maximum Gasteiger partial charge on any atom is 0.434 e. The van der Waals surface area contributed by atoms with Crippen molar-refractivity contribution in [3.63, 3.8) is 0 Å². The van der Waals surface area contributed by atoms with E-state index in [0.29, 0.717) is 0 Å². The topological polar surface area (TPSA) is 30.0 Å². The molecule has 76 valence electrons. The van der Waals surface area contributed by atoms with Crippen LogP contribution in [0.5, 0.6) is 0 Å². The van der Waals surface area contributed by atoms with Gasteiger partial charge in [-0.3, -0.25) is 4.79 Å². The highest BCUT2D eigenvalue weighted by molar-refractivity contribution is 6.30. The van der Waals surface area contributed by atoms with Gasteiger partial charge < -0.3 is 0 Å². The Kier molecular flexibility index (Phi) is 2.80. The molecule has 14 heavy (non-hydrogen) atoms. The molecule has 0 aliphatic heterocycles. The molecule has 0 saturated carbocycles. The van der Waals surface area contributed by atoms with Gasteiger partial charge in [-0.1, -0.05) is 11.6 Å². The first kappa shape index (κ1) is 11.0. The Morgan fingerprint density at radius 3 is 2.50 bits per heavy atom. The molecule has 1 aromatic heterocycles. The molecule has 0 amide bonds. The molecule has 0 radical (unpaired) electrons. The number of pyridine rings is 1. The van der Waals surface area contributed by atoms with Crippen LogP contribution in [-0.4, -0.2) is 10.8 Å². The maximum absolute atomic E-state index is 12.3. The number of alkyl halides is 3. The molecular weight excluding hydrogens is 219 g/mol. The number of rotatable bonds is 1. The summed E-state index contributed by atoms with van der Waals surface area (Å²) in [7, 11) is 0. The van der Waals surface area contributed by atoms with Crippen LogP contribution in [0, 0.1) is 0 Å². The highest BCUT2D eigenvalue weighted by Crippen LogP contribution is 2.31. The summed E-state index contributed by atoms with van der Waals surface area (Å²) in [6.45, 7) is 1.03. The predicted octanol–water partition coefficient (Wildman–Crippen LogP) is 2.96. The molecule has 0 aromatic carbocycles. The number of hydrogen-bond acceptors (Lipinski definition) is 2. The smallest absolute Gasteiger partial charge is 0.294 e. The average molecular weight is 224 g/mol. The largest absolute Gasteiger partial charge is 0.434 e. The van der Waals surface area contributed by atoms with Gasteiger partial charge in [-0.2, -0.15) is 13.2 Å². The lowest BCUT2D eigenvalue weighted by Gasteiger charge is -2.09. The molecule has 0 aliphatic rings. The van der Waals surface area contributed by atoms with Crippen molar-refractivity contribution in [3.05, 3.63) is 28.5 Å². The summed E-state index contributed by atoms with van der Waals surface area (Å²) in [4.78, 5) is 14.0. The van der Waals surface area contributed by atoms with Crippen LogP contribution in [0.4, 0.5) is 13.2 Å². The lowest BCUT2D eigenvalue weighted by Crippen LogP contribution is -2.14. The van der Waals surface area contributed by atoms with Gasteiger partial charge in [-0.15, -0.1) is 0 Å². The van der Waals surface area contributed by atoms with Crippen LogP contribution in [0.15, 0.2) is 12.3 Å². The molecule has 0 spiro atoms. The minimum absolute atomic E-state index is 0.00296. The highest BCUT2D eigenvalue weighted by Gasteiger charge is 2.36. The Balaban J connectivity index is 3.37. The van der Waals surface area contributed by atoms with Gasteiger partial charge in [0.1, 0.15) is 0 Å². The van der Waals surface area contributed by atoms with Crippen LogP contribution >= 0.6 is 11.6 Å². The zero-order valence-electron chi connectivity index (χ0n) is 7.02. The monoisotopic (exact) mass is 223 g/mol. The van der Waals surface area contributed by atoms with Gasteiger partial charge in [0.25, 0.3) is 0 Å². The maximum atomic E-state index is 12.3. The summed E-state index contributed by atoms with van der Waals surface area (Å²) in [5.41, 5.74) is -1.71. The highest BCUT2D eigenvalue weighted by atomic mass is 35.5. The minimum atomic E-state index is -4.63. The Bertz CT molecular complexity index is 375. The first-order chi connectivity index (χ1) is 6.32. The van der Waals surface area contributed by atoms with Crippen molar-refractivity contribution < 1.29 is 18.0 Å². The van der Waals surface area contributed by atoms with E-state index in [1.807, 2.05) is 0 Å². The number of halogens is 4. The lowest BCUT2D eigenvalue weighted by molar-refractivity contribution is -0.141. The van der Waals surface area contributed by atoms with Gasteiger partial charge in [0.15, 0.2) is 11.5 Å². The second kappa shape index (κ2) is 3.57. The van der Waals surface area contributed by atoms with E-state index in [1.165, 1.54) is 0 Å². The van der Waals surface area contributed by atoms with Crippen LogP contribution in [0.2, 0.25) is 5.02 Å². The summed E-state index contributed by atoms with van der Waals surface area (Å²) in [6, 6.07) is 0.958.